The monoisotopic (exact) mass is 242 g/mol. The lowest BCUT2D eigenvalue weighted by atomic mass is 10.0. The molecule has 2 aromatic carbocycles. The van der Waals surface area contributed by atoms with Crippen molar-refractivity contribution in [2.45, 2.75) is 0 Å². The van der Waals surface area contributed by atoms with Crippen LogP contribution in [0.2, 0.25) is 0 Å². The maximum absolute atomic E-state index is 10.1. The van der Waals surface area contributed by atoms with Crippen LogP contribution in [0.15, 0.2) is 36.4 Å². The van der Waals surface area contributed by atoms with E-state index in [0.29, 0.717) is 11.3 Å². The molecule has 0 spiro atoms. The SMILES string of the molecule is COc1cc[c]c(-c2ccc(N(C)C)cc2)c1O. The van der Waals surface area contributed by atoms with Gasteiger partial charge in [-0.2, -0.15) is 0 Å². The summed E-state index contributed by atoms with van der Waals surface area (Å²) >= 11 is 0. The maximum atomic E-state index is 10.1. The Bertz CT molecular complexity index is 533. The Labute approximate surface area is 107 Å². The van der Waals surface area contributed by atoms with Crippen molar-refractivity contribution >= 4 is 5.69 Å². The molecule has 0 fully saturated rings. The molecule has 1 N–H and O–H groups in total. The van der Waals surface area contributed by atoms with Gasteiger partial charge in [-0.05, 0) is 35.9 Å². The average Bonchev–Trinajstić information content (AvgIpc) is 2.39. The summed E-state index contributed by atoms with van der Waals surface area (Å²) in [5.41, 5.74) is 2.68. The predicted octanol–water partition coefficient (Wildman–Crippen LogP) is 2.93. The molecule has 0 unspecified atom stereocenters. The Balaban J connectivity index is 2.43. The molecule has 0 saturated heterocycles. The largest absolute Gasteiger partial charge is 0.504 e. The van der Waals surface area contributed by atoms with Gasteiger partial charge in [0.2, 0.25) is 0 Å². The molecule has 93 valence electrons. The molecule has 2 rings (SSSR count). The molecule has 0 amide bonds. The molecular weight excluding hydrogens is 226 g/mol. The lowest BCUT2D eigenvalue weighted by molar-refractivity contribution is 0.374. The number of hydrogen-bond acceptors (Lipinski definition) is 3. The van der Waals surface area contributed by atoms with Crippen LogP contribution >= 0.6 is 0 Å². The second kappa shape index (κ2) is 5.00. The molecule has 0 heterocycles. The van der Waals surface area contributed by atoms with Crippen LogP contribution < -0.4 is 9.64 Å². The highest BCUT2D eigenvalue weighted by molar-refractivity contribution is 5.74. The highest BCUT2D eigenvalue weighted by Gasteiger charge is 2.09. The number of ether oxygens (including phenoxy) is 1. The van der Waals surface area contributed by atoms with Crippen molar-refractivity contribution in [2.24, 2.45) is 0 Å². The minimum atomic E-state index is 0.123. The fourth-order valence-corrected chi connectivity index (χ4v) is 1.78. The van der Waals surface area contributed by atoms with Crippen molar-refractivity contribution in [3.8, 4) is 22.6 Å². The third kappa shape index (κ3) is 2.25. The van der Waals surface area contributed by atoms with Crippen LogP contribution in [0.4, 0.5) is 5.69 Å². The van der Waals surface area contributed by atoms with Crippen molar-refractivity contribution < 1.29 is 9.84 Å². The van der Waals surface area contributed by atoms with E-state index < -0.39 is 0 Å². The second-order valence-electron chi connectivity index (χ2n) is 4.21. The van der Waals surface area contributed by atoms with Crippen LogP contribution in [0.5, 0.6) is 11.5 Å². The summed E-state index contributed by atoms with van der Waals surface area (Å²) in [6.45, 7) is 0. The molecule has 18 heavy (non-hydrogen) atoms. The van der Waals surface area contributed by atoms with Gasteiger partial charge in [-0.15, -0.1) is 0 Å². The van der Waals surface area contributed by atoms with Gasteiger partial charge in [0.1, 0.15) is 0 Å². The number of nitrogens with zero attached hydrogens (tertiary/aromatic N) is 1. The Morgan fingerprint density at radius 2 is 1.78 bits per heavy atom. The smallest absolute Gasteiger partial charge is 0.166 e. The first-order chi connectivity index (χ1) is 8.63. The fraction of sp³-hybridized carbons (Fsp3) is 0.200. The summed E-state index contributed by atoms with van der Waals surface area (Å²) < 4.78 is 5.09. The number of benzene rings is 2. The first kappa shape index (κ1) is 12.3. The van der Waals surface area contributed by atoms with Crippen molar-refractivity contribution in [2.75, 3.05) is 26.1 Å². The van der Waals surface area contributed by atoms with E-state index in [1.54, 1.807) is 12.1 Å². The molecule has 0 saturated carbocycles. The van der Waals surface area contributed by atoms with Gasteiger partial charge in [-0.25, -0.2) is 0 Å². The highest BCUT2D eigenvalue weighted by Crippen LogP contribution is 2.36. The molecule has 0 bridgehead atoms. The van der Waals surface area contributed by atoms with Crippen LogP contribution in [0.1, 0.15) is 0 Å². The normalized spacial score (nSPS) is 10.2. The van der Waals surface area contributed by atoms with E-state index in [1.165, 1.54) is 7.11 Å². The zero-order valence-electron chi connectivity index (χ0n) is 10.8. The number of hydrogen-bond donors (Lipinski definition) is 1. The Hall–Kier alpha value is -2.16. The van der Waals surface area contributed by atoms with Gasteiger partial charge in [0, 0.05) is 25.3 Å². The van der Waals surface area contributed by atoms with Crippen LogP contribution in [0, 0.1) is 6.07 Å². The molecule has 0 aromatic heterocycles. The molecule has 3 heteroatoms. The lowest BCUT2D eigenvalue weighted by Gasteiger charge is -2.13. The van der Waals surface area contributed by atoms with E-state index in [9.17, 15) is 5.11 Å². The van der Waals surface area contributed by atoms with E-state index in [4.69, 9.17) is 4.74 Å². The van der Waals surface area contributed by atoms with Gasteiger partial charge in [0.05, 0.1) is 7.11 Å². The molecule has 1 radical (unpaired) electrons. The summed E-state index contributed by atoms with van der Waals surface area (Å²) in [7, 11) is 5.52. The number of phenolic OH excluding ortho intramolecular Hbond substituents is 1. The third-order valence-corrected chi connectivity index (χ3v) is 2.82. The van der Waals surface area contributed by atoms with E-state index in [2.05, 4.69) is 6.07 Å². The zero-order valence-corrected chi connectivity index (χ0v) is 10.8. The third-order valence-electron chi connectivity index (χ3n) is 2.82. The molecule has 0 aliphatic rings. The molecule has 2 aromatic rings. The Kier molecular flexibility index (Phi) is 3.42. The zero-order chi connectivity index (χ0) is 13.1. The van der Waals surface area contributed by atoms with Crippen molar-refractivity contribution in [1.29, 1.82) is 0 Å². The number of methoxy groups -OCH3 is 1. The summed E-state index contributed by atoms with van der Waals surface area (Å²) in [5, 5.41) is 10.1. The highest BCUT2D eigenvalue weighted by atomic mass is 16.5. The van der Waals surface area contributed by atoms with E-state index in [0.717, 1.165) is 11.3 Å². The molecule has 0 atom stereocenters. The van der Waals surface area contributed by atoms with Crippen LogP contribution in [0.25, 0.3) is 11.1 Å². The topological polar surface area (TPSA) is 32.7 Å². The average molecular weight is 242 g/mol. The van der Waals surface area contributed by atoms with Gasteiger partial charge in [0.25, 0.3) is 0 Å². The van der Waals surface area contributed by atoms with Gasteiger partial charge in [0.15, 0.2) is 11.5 Å². The van der Waals surface area contributed by atoms with E-state index in [-0.39, 0.29) is 5.75 Å². The minimum Gasteiger partial charge on any atom is -0.504 e. The van der Waals surface area contributed by atoms with Crippen LogP contribution in [0.3, 0.4) is 0 Å². The van der Waals surface area contributed by atoms with Crippen molar-refractivity contribution in [3.05, 3.63) is 42.5 Å². The Morgan fingerprint density at radius 1 is 1.11 bits per heavy atom. The summed E-state index contributed by atoms with van der Waals surface area (Å²) in [5.74, 6) is 0.582. The quantitative estimate of drug-likeness (QED) is 0.898. The van der Waals surface area contributed by atoms with Crippen molar-refractivity contribution in [1.82, 2.24) is 0 Å². The van der Waals surface area contributed by atoms with Crippen LogP contribution in [-0.4, -0.2) is 26.3 Å². The predicted molar refractivity (Wildman–Crippen MR) is 73.3 cm³/mol. The minimum absolute atomic E-state index is 0.123. The van der Waals surface area contributed by atoms with Gasteiger partial charge in [-0.1, -0.05) is 12.1 Å². The number of rotatable bonds is 3. The van der Waals surface area contributed by atoms with Gasteiger partial charge in [-0.3, -0.25) is 0 Å². The summed E-state index contributed by atoms with van der Waals surface area (Å²) in [6, 6.07) is 14.4. The van der Waals surface area contributed by atoms with Gasteiger partial charge < -0.3 is 14.7 Å². The number of anilines is 1. The first-order valence-electron chi connectivity index (χ1n) is 5.69. The number of phenols is 1. The summed E-state index contributed by atoms with van der Waals surface area (Å²) in [6.07, 6.45) is 0. The molecular formula is C15H16NO2. The standard InChI is InChI=1S/C15H16NO2/c1-16(2)12-9-7-11(8-10-12)13-5-4-6-14(18-3)15(13)17/h4,6-10,17H,1-3H3. The molecule has 0 aliphatic heterocycles. The molecule has 3 nitrogen and oxygen atoms in total. The van der Waals surface area contributed by atoms with Crippen LogP contribution in [-0.2, 0) is 0 Å². The van der Waals surface area contributed by atoms with Crippen molar-refractivity contribution in [3.63, 3.8) is 0 Å². The Morgan fingerprint density at radius 3 is 2.33 bits per heavy atom. The van der Waals surface area contributed by atoms with E-state index in [1.807, 2.05) is 43.3 Å². The van der Waals surface area contributed by atoms with E-state index >= 15 is 0 Å². The summed E-state index contributed by atoms with van der Waals surface area (Å²) in [4.78, 5) is 2.03. The lowest BCUT2D eigenvalue weighted by Crippen LogP contribution is -2.07. The first-order valence-corrected chi connectivity index (χ1v) is 5.69. The number of aromatic hydroxyl groups is 1. The fourth-order valence-electron chi connectivity index (χ4n) is 1.78. The van der Waals surface area contributed by atoms with Gasteiger partial charge >= 0.3 is 0 Å². The second-order valence-corrected chi connectivity index (χ2v) is 4.21. The maximum Gasteiger partial charge on any atom is 0.166 e. The molecule has 0 aliphatic carbocycles.